The summed E-state index contributed by atoms with van der Waals surface area (Å²) < 4.78 is 1.20. The highest BCUT2D eigenvalue weighted by atomic mass is 127. The summed E-state index contributed by atoms with van der Waals surface area (Å²) in [5, 5.41) is 3.13. The van der Waals surface area contributed by atoms with E-state index in [2.05, 4.69) is 27.7 Å². The van der Waals surface area contributed by atoms with Crippen LogP contribution in [0.25, 0.3) is 0 Å². The first-order chi connectivity index (χ1) is 4.16. The molecule has 0 atom stereocenters. The molecular formula is C6H9IN2. The summed E-state index contributed by atoms with van der Waals surface area (Å²) in [6.45, 7) is 3.92. The van der Waals surface area contributed by atoms with Crippen LogP contribution in [0.15, 0.2) is 26.5 Å². The van der Waals surface area contributed by atoms with E-state index in [-0.39, 0.29) is 0 Å². The van der Waals surface area contributed by atoms with Crippen LogP contribution in [-0.4, -0.2) is 0 Å². The maximum atomic E-state index is 6.49. The monoisotopic (exact) mass is 236 g/mol. The van der Waals surface area contributed by atoms with Crippen molar-refractivity contribution in [2.45, 2.75) is 13.8 Å². The minimum atomic E-state index is 1.01. The maximum absolute atomic E-state index is 6.49. The van der Waals surface area contributed by atoms with Crippen LogP contribution >= 0.6 is 22.6 Å². The average Bonchev–Trinajstić information content (AvgIpc) is 1.63. The Balaban J connectivity index is 4.05. The van der Waals surface area contributed by atoms with Crippen LogP contribution < -0.4 is 0 Å². The maximum Gasteiger partial charge on any atom is 0.0518 e. The van der Waals surface area contributed by atoms with E-state index in [9.17, 15) is 0 Å². The Labute approximate surface area is 68.7 Å². The molecule has 9 heavy (non-hydrogen) atoms. The van der Waals surface area contributed by atoms with Crippen molar-refractivity contribution in [1.29, 1.82) is 5.53 Å². The molecule has 0 bridgehead atoms. The SMILES string of the molecule is C/C(I)=C/C(C)=C\N=N. The van der Waals surface area contributed by atoms with Gasteiger partial charge in [-0.25, -0.2) is 5.53 Å². The fourth-order valence-electron chi connectivity index (χ4n) is 0.453. The van der Waals surface area contributed by atoms with Gasteiger partial charge in [0.15, 0.2) is 0 Å². The Morgan fingerprint density at radius 1 is 1.56 bits per heavy atom. The fourth-order valence-corrected chi connectivity index (χ4v) is 0.944. The zero-order chi connectivity index (χ0) is 7.28. The lowest BCUT2D eigenvalue weighted by Gasteiger charge is -1.86. The number of allylic oxidation sites excluding steroid dienone is 3. The van der Waals surface area contributed by atoms with Gasteiger partial charge >= 0.3 is 0 Å². The molecule has 0 unspecified atom stereocenters. The van der Waals surface area contributed by atoms with Gasteiger partial charge in [-0.2, -0.15) is 5.11 Å². The van der Waals surface area contributed by atoms with Crippen LogP contribution in [0.5, 0.6) is 0 Å². The number of halogens is 1. The summed E-state index contributed by atoms with van der Waals surface area (Å²) in [5.41, 5.74) is 7.51. The number of hydrogen-bond donors (Lipinski definition) is 1. The Hall–Kier alpha value is -0.190. The van der Waals surface area contributed by atoms with Gasteiger partial charge in [0.2, 0.25) is 0 Å². The van der Waals surface area contributed by atoms with Gasteiger partial charge in [-0.1, -0.05) is 0 Å². The molecule has 50 valence electrons. The minimum absolute atomic E-state index is 1.01. The topological polar surface area (TPSA) is 36.2 Å². The lowest BCUT2D eigenvalue weighted by Crippen LogP contribution is -1.65. The van der Waals surface area contributed by atoms with Gasteiger partial charge in [-0.3, -0.25) is 0 Å². The molecule has 0 aliphatic rings. The van der Waals surface area contributed by atoms with Crippen molar-refractivity contribution < 1.29 is 0 Å². The number of nitrogens with zero attached hydrogens (tertiary/aromatic N) is 1. The second kappa shape index (κ2) is 4.67. The highest BCUT2D eigenvalue weighted by molar-refractivity contribution is 14.1. The molecule has 0 aromatic rings. The molecule has 0 saturated heterocycles. The number of rotatable bonds is 2. The Morgan fingerprint density at radius 3 is 2.44 bits per heavy atom. The summed E-state index contributed by atoms with van der Waals surface area (Å²) >= 11 is 2.21. The van der Waals surface area contributed by atoms with E-state index in [1.165, 1.54) is 9.78 Å². The first-order valence-corrected chi connectivity index (χ1v) is 3.62. The molecule has 0 aliphatic heterocycles. The predicted molar refractivity (Wildman–Crippen MR) is 46.7 cm³/mol. The van der Waals surface area contributed by atoms with E-state index < -0.39 is 0 Å². The van der Waals surface area contributed by atoms with Gasteiger partial charge in [-0.05, 0) is 51.7 Å². The van der Waals surface area contributed by atoms with Gasteiger partial charge in [0, 0.05) is 0 Å². The van der Waals surface area contributed by atoms with Crippen molar-refractivity contribution in [3.05, 3.63) is 21.4 Å². The van der Waals surface area contributed by atoms with E-state index in [0.29, 0.717) is 0 Å². The molecule has 0 fully saturated rings. The summed E-state index contributed by atoms with van der Waals surface area (Å²) in [4.78, 5) is 0. The van der Waals surface area contributed by atoms with Crippen molar-refractivity contribution >= 4 is 22.6 Å². The lowest BCUT2D eigenvalue weighted by molar-refractivity contribution is 1.13. The normalized spacial score (nSPS) is 13.7. The zero-order valence-corrected chi connectivity index (χ0v) is 7.64. The van der Waals surface area contributed by atoms with E-state index in [0.717, 1.165) is 5.57 Å². The Bertz CT molecular complexity index is 154. The van der Waals surface area contributed by atoms with Crippen molar-refractivity contribution in [1.82, 2.24) is 0 Å². The predicted octanol–water partition coefficient (Wildman–Crippen LogP) is 3.26. The number of nitrogens with one attached hydrogen (secondary N) is 1. The van der Waals surface area contributed by atoms with Crippen LogP contribution in [-0.2, 0) is 0 Å². The van der Waals surface area contributed by atoms with Crippen molar-refractivity contribution in [3.63, 3.8) is 0 Å². The van der Waals surface area contributed by atoms with Gasteiger partial charge < -0.3 is 0 Å². The highest BCUT2D eigenvalue weighted by Crippen LogP contribution is 2.07. The van der Waals surface area contributed by atoms with E-state index >= 15 is 0 Å². The van der Waals surface area contributed by atoms with E-state index in [1.807, 2.05) is 19.9 Å². The number of hydrogen-bond acceptors (Lipinski definition) is 2. The van der Waals surface area contributed by atoms with Gasteiger partial charge in [0.1, 0.15) is 0 Å². The van der Waals surface area contributed by atoms with Crippen molar-refractivity contribution in [2.24, 2.45) is 5.11 Å². The third-order valence-electron chi connectivity index (χ3n) is 0.695. The van der Waals surface area contributed by atoms with E-state index in [1.54, 1.807) is 0 Å². The summed E-state index contributed by atoms with van der Waals surface area (Å²) in [5.74, 6) is 0. The second-order valence-corrected chi connectivity index (χ2v) is 3.43. The molecule has 0 radical (unpaired) electrons. The first kappa shape index (κ1) is 8.81. The van der Waals surface area contributed by atoms with Crippen LogP contribution in [0, 0.1) is 5.53 Å². The minimum Gasteiger partial charge on any atom is -0.205 e. The molecule has 0 spiro atoms. The molecule has 2 nitrogen and oxygen atoms in total. The summed E-state index contributed by atoms with van der Waals surface area (Å²) in [7, 11) is 0. The van der Waals surface area contributed by atoms with Crippen LogP contribution in [0.3, 0.4) is 0 Å². The summed E-state index contributed by atoms with van der Waals surface area (Å²) in [6, 6.07) is 0. The Kier molecular flexibility index (Phi) is 4.57. The van der Waals surface area contributed by atoms with Gasteiger partial charge in [0.05, 0.1) is 6.20 Å². The molecule has 0 aromatic heterocycles. The largest absolute Gasteiger partial charge is 0.205 e. The molecule has 3 heteroatoms. The first-order valence-electron chi connectivity index (χ1n) is 2.54. The van der Waals surface area contributed by atoms with Crippen LogP contribution in [0.2, 0.25) is 0 Å². The smallest absolute Gasteiger partial charge is 0.0518 e. The molecule has 0 aromatic carbocycles. The highest BCUT2D eigenvalue weighted by Gasteiger charge is 1.81. The zero-order valence-electron chi connectivity index (χ0n) is 5.48. The molecule has 0 aliphatic carbocycles. The molecule has 1 N–H and O–H groups in total. The third-order valence-corrected chi connectivity index (χ3v) is 1.01. The average molecular weight is 236 g/mol. The van der Waals surface area contributed by atoms with Crippen LogP contribution in [0.4, 0.5) is 0 Å². The van der Waals surface area contributed by atoms with Crippen molar-refractivity contribution in [2.75, 3.05) is 0 Å². The Morgan fingerprint density at radius 2 is 2.11 bits per heavy atom. The lowest BCUT2D eigenvalue weighted by atomic mass is 10.3. The van der Waals surface area contributed by atoms with Crippen molar-refractivity contribution in [3.8, 4) is 0 Å². The fraction of sp³-hybridized carbons (Fsp3) is 0.333. The third kappa shape index (κ3) is 5.68. The molecule has 0 saturated carbocycles. The van der Waals surface area contributed by atoms with Crippen LogP contribution in [0.1, 0.15) is 13.8 Å². The summed E-state index contributed by atoms with van der Waals surface area (Å²) in [6.07, 6.45) is 3.49. The standard InChI is InChI=1S/C6H9IN2/c1-5(4-9-8)3-6(2)7/h3-4,8H,1-2H3/b5-4-,6-3-,9-8?. The van der Waals surface area contributed by atoms with Gasteiger partial charge in [0.25, 0.3) is 0 Å². The quantitative estimate of drug-likeness (QED) is 0.434. The second-order valence-electron chi connectivity index (χ2n) is 1.73. The van der Waals surface area contributed by atoms with Gasteiger partial charge in [-0.15, -0.1) is 0 Å². The molecule has 0 rings (SSSR count). The van der Waals surface area contributed by atoms with E-state index in [4.69, 9.17) is 5.53 Å². The molecule has 0 heterocycles. The molecular weight excluding hydrogens is 227 g/mol. The molecule has 0 amide bonds.